The van der Waals surface area contributed by atoms with E-state index in [0.717, 1.165) is 13.0 Å². The molecule has 3 heteroatoms. The molecule has 0 aromatic rings. The van der Waals surface area contributed by atoms with E-state index in [1.165, 1.54) is 17.5 Å². The van der Waals surface area contributed by atoms with Crippen molar-refractivity contribution >= 4 is 6.34 Å². The fourth-order valence-corrected chi connectivity index (χ4v) is 2.09. The van der Waals surface area contributed by atoms with Gasteiger partial charge in [0.1, 0.15) is 5.54 Å². The van der Waals surface area contributed by atoms with Crippen molar-refractivity contribution < 1.29 is 0 Å². The maximum absolute atomic E-state index is 5.43. The lowest BCUT2D eigenvalue weighted by Crippen LogP contribution is -2.18. The average Bonchev–Trinajstić information content (AvgIpc) is 3.01. The first-order valence-electron chi connectivity index (χ1n) is 5.49. The third-order valence-electron chi connectivity index (χ3n) is 3.00. The Morgan fingerprint density at radius 1 is 1.73 bits per heavy atom. The van der Waals surface area contributed by atoms with Gasteiger partial charge in [-0.05, 0) is 17.1 Å². The van der Waals surface area contributed by atoms with Crippen molar-refractivity contribution in [2.45, 2.75) is 31.8 Å². The summed E-state index contributed by atoms with van der Waals surface area (Å²) in [7, 11) is 0. The van der Waals surface area contributed by atoms with Crippen LogP contribution in [0, 0.1) is 5.92 Å². The van der Waals surface area contributed by atoms with E-state index in [9.17, 15) is 0 Å². The summed E-state index contributed by atoms with van der Waals surface area (Å²) in [5.74, 6) is 0.542. The Kier molecular flexibility index (Phi) is 2.43. The van der Waals surface area contributed by atoms with Crippen LogP contribution in [0.1, 0.15) is 20.3 Å². The highest BCUT2D eigenvalue weighted by atomic mass is 15.1. The molecule has 0 amide bonds. The fourth-order valence-electron chi connectivity index (χ4n) is 2.09. The van der Waals surface area contributed by atoms with Gasteiger partial charge in [-0.15, -0.1) is 0 Å². The standard InChI is InChI=1S/C12H19N3/c1-8(2)4-10(11-6-14-11)12(15-7-13)5-9(12)3/h4,7-8,11,14H,3,5-6H2,1-2H3,(H2,13,15)/b10-4+/t11?,12-/m1/s1. The molecule has 1 heterocycles. The molecule has 1 saturated carbocycles. The van der Waals surface area contributed by atoms with Crippen LogP contribution >= 0.6 is 0 Å². The van der Waals surface area contributed by atoms with Crippen LogP contribution in [0.4, 0.5) is 0 Å². The maximum Gasteiger partial charge on any atom is 0.109 e. The summed E-state index contributed by atoms with van der Waals surface area (Å²) in [5, 5.41) is 3.34. The topological polar surface area (TPSA) is 60.3 Å². The Morgan fingerprint density at radius 2 is 2.33 bits per heavy atom. The van der Waals surface area contributed by atoms with Gasteiger partial charge in [-0.3, -0.25) is 4.99 Å². The van der Waals surface area contributed by atoms with E-state index in [4.69, 9.17) is 5.73 Å². The van der Waals surface area contributed by atoms with Crippen molar-refractivity contribution in [2.75, 3.05) is 6.54 Å². The number of nitrogens with zero attached hydrogens (tertiary/aromatic N) is 1. The number of hydrogen-bond donors (Lipinski definition) is 2. The smallest absolute Gasteiger partial charge is 0.109 e. The minimum absolute atomic E-state index is 0.160. The van der Waals surface area contributed by atoms with Crippen LogP contribution in [0.25, 0.3) is 0 Å². The van der Waals surface area contributed by atoms with E-state index in [1.807, 2.05) is 0 Å². The predicted molar refractivity (Wildman–Crippen MR) is 63.9 cm³/mol. The third kappa shape index (κ3) is 1.84. The summed E-state index contributed by atoms with van der Waals surface area (Å²) in [4.78, 5) is 4.41. The zero-order chi connectivity index (χ0) is 11.1. The lowest BCUT2D eigenvalue weighted by molar-refractivity contribution is 0.740. The molecule has 2 aliphatic rings. The molecule has 1 unspecified atom stereocenters. The summed E-state index contributed by atoms with van der Waals surface area (Å²) in [6.45, 7) is 9.48. The number of allylic oxidation sites excluding steroid dienone is 1. The molecular formula is C12H19N3. The van der Waals surface area contributed by atoms with E-state index >= 15 is 0 Å². The first-order chi connectivity index (χ1) is 7.10. The number of aliphatic imine (C=N–C) groups is 1. The summed E-state index contributed by atoms with van der Waals surface area (Å²) < 4.78 is 0. The van der Waals surface area contributed by atoms with Crippen molar-refractivity contribution in [3.63, 3.8) is 0 Å². The van der Waals surface area contributed by atoms with Crippen molar-refractivity contribution in [2.24, 2.45) is 16.6 Å². The average molecular weight is 205 g/mol. The highest BCUT2D eigenvalue weighted by Gasteiger charge is 2.54. The van der Waals surface area contributed by atoms with Gasteiger partial charge in [-0.25, -0.2) is 0 Å². The molecule has 1 aliphatic carbocycles. The molecule has 0 radical (unpaired) electrons. The van der Waals surface area contributed by atoms with Crippen LogP contribution in [-0.4, -0.2) is 24.5 Å². The second kappa shape index (κ2) is 3.49. The molecule has 3 N–H and O–H groups in total. The molecule has 2 fully saturated rings. The molecule has 0 bridgehead atoms. The third-order valence-corrected chi connectivity index (χ3v) is 3.00. The molecule has 2 rings (SSSR count). The minimum Gasteiger partial charge on any atom is -0.390 e. The van der Waals surface area contributed by atoms with Crippen LogP contribution in [0.5, 0.6) is 0 Å². The first kappa shape index (κ1) is 10.4. The highest BCUT2D eigenvalue weighted by molar-refractivity contribution is 5.62. The molecule has 0 aromatic heterocycles. The molecule has 3 nitrogen and oxygen atoms in total. The lowest BCUT2D eigenvalue weighted by atomic mass is 9.97. The Balaban J connectivity index is 2.28. The molecule has 1 saturated heterocycles. The molecule has 0 spiro atoms. The molecular weight excluding hydrogens is 186 g/mol. The van der Waals surface area contributed by atoms with Gasteiger partial charge < -0.3 is 11.1 Å². The van der Waals surface area contributed by atoms with Gasteiger partial charge in [-0.2, -0.15) is 0 Å². The molecule has 0 aromatic carbocycles. The Hall–Kier alpha value is -1.09. The monoisotopic (exact) mass is 205 g/mol. The second-order valence-electron chi connectivity index (χ2n) is 4.75. The summed E-state index contributed by atoms with van der Waals surface area (Å²) >= 11 is 0. The van der Waals surface area contributed by atoms with E-state index in [1.54, 1.807) is 0 Å². The SMILES string of the molecule is C=C1C[C@]1(N=CN)/C(=C/C(C)C)C1CN1. The zero-order valence-electron chi connectivity index (χ0n) is 9.46. The van der Waals surface area contributed by atoms with Gasteiger partial charge in [0.2, 0.25) is 0 Å². The second-order valence-corrected chi connectivity index (χ2v) is 4.75. The number of hydrogen-bond acceptors (Lipinski definition) is 2. The van der Waals surface area contributed by atoms with E-state index < -0.39 is 0 Å². The Morgan fingerprint density at radius 3 is 2.67 bits per heavy atom. The Bertz CT molecular complexity index is 337. The molecule has 15 heavy (non-hydrogen) atoms. The van der Waals surface area contributed by atoms with E-state index in [-0.39, 0.29) is 5.54 Å². The summed E-state index contributed by atoms with van der Waals surface area (Å²) in [5.41, 5.74) is 7.82. The number of rotatable bonds is 4. The van der Waals surface area contributed by atoms with E-state index in [0.29, 0.717) is 12.0 Å². The van der Waals surface area contributed by atoms with Crippen LogP contribution in [0.3, 0.4) is 0 Å². The van der Waals surface area contributed by atoms with Crippen LogP contribution in [0.2, 0.25) is 0 Å². The van der Waals surface area contributed by atoms with Crippen molar-refractivity contribution in [1.82, 2.24) is 5.32 Å². The Labute approximate surface area is 91.1 Å². The zero-order valence-corrected chi connectivity index (χ0v) is 9.46. The largest absolute Gasteiger partial charge is 0.390 e. The van der Waals surface area contributed by atoms with Gasteiger partial charge >= 0.3 is 0 Å². The van der Waals surface area contributed by atoms with Gasteiger partial charge in [0, 0.05) is 19.0 Å². The highest BCUT2D eigenvalue weighted by Crippen LogP contribution is 2.52. The fraction of sp³-hybridized carbons (Fsp3) is 0.583. The number of nitrogens with two attached hydrogens (primary N) is 1. The maximum atomic E-state index is 5.43. The van der Waals surface area contributed by atoms with Gasteiger partial charge in [0.25, 0.3) is 0 Å². The summed E-state index contributed by atoms with van der Waals surface area (Å²) in [6, 6.07) is 0.496. The van der Waals surface area contributed by atoms with Gasteiger partial charge in [0.15, 0.2) is 0 Å². The van der Waals surface area contributed by atoms with Crippen LogP contribution in [0.15, 0.2) is 28.8 Å². The summed E-state index contributed by atoms with van der Waals surface area (Å²) in [6.07, 6.45) is 4.67. The first-order valence-corrected chi connectivity index (χ1v) is 5.49. The van der Waals surface area contributed by atoms with Gasteiger partial charge in [0.05, 0.1) is 6.34 Å². The van der Waals surface area contributed by atoms with Crippen molar-refractivity contribution in [3.05, 3.63) is 23.8 Å². The minimum atomic E-state index is -0.160. The van der Waals surface area contributed by atoms with E-state index in [2.05, 4.69) is 36.8 Å². The molecule has 1 aliphatic heterocycles. The lowest BCUT2D eigenvalue weighted by Gasteiger charge is -2.14. The van der Waals surface area contributed by atoms with Crippen LogP contribution < -0.4 is 11.1 Å². The molecule has 82 valence electrons. The number of nitrogens with one attached hydrogen (secondary N) is 1. The van der Waals surface area contributed by atoms with Crippen molar-refractivity contribution in [3.8, 4) is 0 Å². The quantitative estimate of drug-likeness (QED) is 0.314. The van der Waals surface area contributed by atoms with Crippen molar-refractivity contribution in [1.29, 1.82) is 0 Å². The molecule has 2 atom stereocenters. The predicted octanol–water partition coefficient (Wildman–Crippen LogP) is 1.23. The van der Waals surface area contributed by atoms with Crippen LogP contribution in [-0.2, 0) is 0 Å². The van der Waals surface area contributed by atoms with Gasteiger partial charge in [-0.1, -0.05) is 26.5 Å². The normalized spacial score (nSPS) is 35.3.